The average molecular weight is 1250 g/mol. The van der Waals surface area contributed by atoms with Crippen LogP contribution < -0.4 is 28.7 Å². The first kappa shape index (κ1) is 60.3. The van der Waals surface area contributed by atoms with E-state index in [2.05, 4.69) is 43.5 Å². The zero-order valence-corrected chi connectivity index (χ0v) is 53.6. The van der Waals surface area contributed by atoms with Crippen molar-refractivity contribution in [2.45, 2.75) is 176 Å². The average Bonchev–Trinajstić information content (AvgIpc) is 1.29. The number of hydrogen-bond donors (Lipinski definition) is 2. The van der Waals surface area contributed by atoms with Gasteiger partial charge in [-0.2, -0.15) is 0 Å². The van der Waals surface area contributed by atoms with Crippen LogP contribution in [0.15, 0.2) is 72.8 Å². The lowest BCUT2D eigenvalue weighted by atomic mass is 9.60. The van der Waals surface area contributed by atoms with E-state index in [1.807, 2.05) is 50.2 Å². The van der Waals surface area contributed by atoms with Crippen molar-refractivity contribution in [3.8, 4) is 11.5 Å². The third kappa shape index (κ3) is 11.1. The van der Waals surface area contributed by atoms with E-state index >= 15 is 0 Å². The summed E-state index contributed by atoms with van der Waals surface area (Å²) >= 11 is 12.9. The standard InChI is InChI=1S/2C34H43ClN2O5S/c2*1-22-5-3-14-34(15-16-42-34)29-10-7-26(29)19-37-20-33(13-4-6-24-17-27(35)9-11-28(24)33)21-41-31-12-8-25(18-30(31)37)32(38)36-43(39,40)23(22)2/h2*8-9,11-12,17-18,22-23,26,29H,3-7,10,13-16,19-21H2,1-2H3,(H,36,38)/t22-,23+,26-,29+,33-,34+;22-,23+,26-,29+,33-,34-/m00/s1. The van der Waals surface area contributed by atoms with Crippen molar-refractivity contribution in [2.75, 3.05) is 62.4 Å². The Balaban J connectivity index is 0.000000160. The van der Waals surface area contributed by atoms with E-state index in [4.69, 9.17) is 42.1 Å². The lowest BCUT2D eigenvalue weighted by Gasteiger charge is -2.56. The van der Waals surface area contributed by atoms with Crippen LogP contribution in [0.4, 0.5) is 11.4 Å². The molecule has 2 N–H and O–H groups in total. The Morgan fingerprint density at radius 2 is 0.930 bits per heavy atom. The van der Waals surface area contributed by atoms with E-state index in [1.54, 1.807) is 26.0 Å². The maximum Gasteiger partial charge on any atom is 0.264 e. The molecule has 4 fully saturated rings. The van der Waals surface area contributed by atoms with Gasteiger partial charge in [-0.1, -0.05) is 62.0 Å². The molecule has 86 heavy (non-hydrogen) atoms. The first-order chi connectivity index (χ1) is 41.2. The number of ether oxygens (including phenoxy) is 4. The number of rotatable bonds is 0. The first-order valence-corrected chi connectivity index (χ1v) is 36.0. The topological polar surface area (TPSA) is 170 Å². The summed E-state index contributed by atoms with van der Waals surface area (Å²) in [7, 11) is -7.70. The molecule has 4 aromatic carbocycles. The molecule has 4 bridgehead atoms. The van der Waals surface area contributed by atoms with Crippen LogP contribution in [0.2, 0.25) is 10.0 Å². The molecule has 0 aromatic heterocycles. The van der Waals surface area contributed by atoms with Crippen molar-refractivity contribution in [2.24, 2.45) is 35.5 Å². The van der Waals surface area contributed by atoms with Crippen molar-refractivity contribution in [3.63, 3.8) is 0 Å². The predicted octanol–water partition coefficient (Wildman–Crippen LogP) is 12.5. The summed E-state index contributed by atoms with van der Waals surface area (Å²) in [5.41, 5.74) is 6.97. The van der Waals surface area contributed by atoms with Gasteiger partial charge >= 0.3 is 0 Å². The molecule has 2 amide bonds. The molecule has 0 radical (unpaired) electrons. The molecule has 0 unspecified atom stereocenters. The fourth-order valence-corrected chi connectivity index (χ4v) is 20.2. The maximum absolute atomic E-state index is 13.4. The van der Waals surface area contributed by atoms with Gasteiger partial charge < -0.3 is 28.7 Å². The largest absolute Gasteiger partial charge is 0.490 e. The molecule has 2 saturated carbocycles. The van der Waals surface area contributed by atoms with E-state index in [0.717, 1.165) is 188 Å². The number of carbonyl (C=O) groups is 2. The summed E-state index contributed by atoms with van der Waals surface area (Å²) in [6, 6.07) is 23.3. The number of halogens is 2. The minimum Gasteiger partial charge on any atom is -0.490 e. The quantitative estimate of drug-likeness (QED) is 0.171. The fraction of sp³-hybridized carbons (Fsp3) is 0.618. The monoisotopic (exact) mass is 1250 g/mol. The smallest absolute Gasteiger partial charge is 0.264 e. The fourth-order valence-electron chi connectivity index (χ4n) is 17.2. The highest BCUT2D eigenvalue weighted by Gasteiger charge is 2.55. The third-order valence-electron chi connectivity index (χ3n) is 23.1. The zero-order valence-electron chi connectivity index (χ0n) is 50.5. The maximum atomic E-state index is 13.4. The molecule has 14 nitrogen and oxygen atoms in total. The highest BCUT2D eigenvalue weighted by Crippen LogP contribution is 2.55. The van der Waals surface area contributed by atoms with E-state index in [-0.39, 0.29) is 33.9 Å². The molecule has 6 aliphatic heterocycles. The number of aryl methyl sites for hydroxylation is 2. The molecule has 464 valence electrons. The van der Waals surface area contributed by atoms with Gasteiger partial charge in [-0.15, -0.1) is 0 Å². The second-order valence-corrected chi connectivity index (χ2v) is 32.8. The van der Waals surface area contributed by atoms with Gasteiger partial charge in [0.05, 0.1) is 59.5 Å². The molecular weight excluding hydrogens is 1170 g/mol. The highest BCUT2D eigenvalue weighted by atomic mass is 35.5. The molecule has 12 atom stereocenters. The lowest BCUT2D eigenvalue weighted by molar-refractivity contribution is -0.215. The minimum absolute atomic E-state index is 0.0760. The number of hydrogen-bond acceptors (Lipinski definition) is 12. The van der Waals surface area contributed by atoms with Crippen molar-refractivity contribution >= 4 is 66.4 Å². The summed E-state index contributed by atoms with van der Waals surface area (Å²) in [5.74, 6) is 2.09. The third-order valence-corrected chi connectivity index (χ3v) is 27.4. The van der Waals surface area contributed by atoms with E-state index < -0.39 is 42.4 Å². The second kappa shape index (κ2) is 23.3. The lowest BCUT2D eigenvalue weighted by Crippen LogP contribution is -2.58. The summed E-state index contributed by atoms with van der Waals surface area (Å²) < 4.78 is 84.1. The summed E-state index contributed by atoms with van der Waals surface area (Å²) in [6.07, 6.45) is 18.3. The van der Waals surface area contributed by atoms with Crippen LogP contribution in [0.5, 0.6) is 11.5 Å². The van der Waals surface area contributed by atoms with Crippen LogP contribution in [-0.2, 0) is 53.2 Å². The van der Waals surface area contributed by atoms with Crippen LogP contribution in [-0.4, -0.2) is 103 Å². The van der Waals surface area contributed by atoms with Crippen LogP contribution >= 0.6 is 23.2 Å². The molecular formula is C68H86Cl2N4O10S2. The SMILES string of the molecule is C[C@@H]1[C@@H](C)CCC[C@@]2(CCO2)[C@@H]2CC[C@H]2CN2C[C@@]3(CCCc4cc(Cl)ccc43)COc3ccc(cc32)C(=O)NS1(=O)=O.C[C@@H]1[C@@H](C)CCC[C@]2(CCO2)[C@@H]2CC[C@H]2CN2C[C@@]3(CCCc4cc(Cl)ccc43)COc3ccc(cc32)C(=O)NS1(=O)=O. The van der Waals surface area contributed by atoms with Gasteiger partial charge in [0.25, 0.3) is 11.8 Å². The Hall–Kier alpha value is -4.58. The Morgan fingerprint density at radius 1 is 0.512 bits per heavy atom. The number of nitrogens with one attached hydrogen (secondary N) is 2. The van der Waals surface area contributed by atoms with E-state index in [1.165, 1.54) is 22.3 Å². The van der Waals surface area contributed by atoms with Crippen molar-refractivity contribution in [1.29, 1.82) is 0 Å². The van der Waals surface area contributed by atoms with E-state index in [9.17, 15) is 26.4 Å². The number of sulfonamides is 2. The summed E-state index contributed by atoms with van der Waals surface area (Å²) in [4.78, 5) is 31.7. The van der Waals surface area contributed by atoms with Crippen LogP contribution in [0.1, 0.15) is 173 Å². The van der Waals surface area contributed by atoms with Crippen molar-refractivity contribution < 1.29 is 45.4 Å². The number of anilines is 2. The molecule has 18 heteroatoms. The second-order valence-electron chi connectivity index (χ2n) is 27.9. The minimum atomic E-state index is -3.85. The van der Waals surface area contributed by atoms with Gasteiger partial charge in [0.1, 0.15) is 11.5 Å². The van der Waals surface area contributed by atoms with E-state index in [0.29, 0.717) is 48.0 Å². The normalized spacial score (nSPS) is 35.4. The molecule has 14 rings (SSSR count). The zero-order chi connectivity index (χ0) is 60.0. The van der Waals surface area contributed by atoms with Gasteiger partial charge in [0, 0.05) is 71.0 Å². The number of carbonyl (C=O) groups excluding carboxylic acids is 2. The molecule has 4 spiro atoms. The molecule has 10 aliphatic rings. The van der Waals surface area contributed by atoms with Crippen molar-refractivity contribution in [3.05, 3.63) is 116 Å². The summed E-state index contributed by atoms with van der Waals surface area (Å²) in [5, 5.41) is 0.158. The Labute approximate surface area is 519 Å². The number of nitrogens with zero attached hydrogens (tertiary/aromatic N) is 2. The number of benzene rings is 4. The van der Waals surface area contributed by atoms with Gasteiger partial charge in [-0.25, -0.2) is 26.3 Å². The van der Waals surface area contributed by atoms with Crippen LogP contribution in [0.3, 0.4) is 0 Å². The van der Waals surface area contributed by atoms with Crippen LogP contribution in [0.25, 0.3) is 0 Å². The van der Waals surface area contributed by atoms with Gasteiger partial charge in [-0.3, -0.25) is 9.59 Å². The molecule has 2 saturated heterocycles. The highest BCUT2D eigenvalue weighted by molar-refractivity contribution is 7.91. The first-order valence-electron chi connectivity index (χ1n) is 32.2. The van der Waals surface area contributed by atoms with Crippen molar-refractivity contribution in [1.82, 2.24) is 9.44 Å². The van der Waals surface area contributed by atoms with Gasteiger partial charge in [0.15, 0.2) is 0 Å². The summed E-state index contributed by atoms with van der Waals surface area (Å²) in [6.45, 7) is 13.3. The molecule has 4 aliphatic carbocycles. The van der Waals surface area contributed by atoms with Gasteiger partial charge in [0.2, 0.25) is 20.0 Å². The number of amides is 2. The predicted molar refractivity (Wildman–Crippen MR) is 337 cm³/mol. The van der Waals surface area contributed by atoms with Gasteiger partial charge in [-0.05, 0) is 222 Å². The Morgan fingerprint density at radius 3 is 1.30 bits per heavy atom. The Kier molecular flexibility index (Phi) is 16.4. The Bertz CT molecular complexity index is 3280. The van der Waals surface area contributed by atoms with Crippen LogP contribution in [0, 0.1) is 35.5 Å². The molecule has 4 aromatic rings. The number of fused-ring (bicyclic) bond motifs is 10. The molecule has 6 heterocycles.